The van der Waals surface area contributed by atoms with E-state index in [1.54, 1.807) is 0 Å². The molecule has 58 heavy (non-hydrogen) atoms. The van der Waals surface area contributed by atoms with Crippen LogP contribution in [0.15, 0.2) is 210 Å². The number of hydrogen-bond donors (Lipinski definition) is 0. The van der Waals surface area contributed by atoms with Gasteiger partial charge in [0.2, 0.25) is 0 Å². The maximum Gasteiger partial charge on any atom is 0.141 e. The summed E-state index contributed by atoms with van der Waals surface area (Å²) in [5.41, 5.74) is 16.7. The number of para-hydroxylation sites is 2. The molecule has 2 unspecified atom stereocenters. The minimum Gasteiger partial charge on any atom is -0.456 e. The van der Waals surface area contributed by atoms with Crippen molar-refractivity contribution in [2.75, 3.05) is 0 Å². The standard InChI is InChI=1S/C55H35NOS/c1-3-15-36(16-4-1)55(37-17-5-2-6-18-37)44-23-11-7-19-39(44)40-32-29-35(33-45(40)55)34-27-30-38(31-28-34)56-46-24-12-8-20-41(46)49-50-42-21-9-13-25-47(42)57-53(50)51-43-22-10-14-26-48(43)58-54(51)52(49)56/h1-33,43,48H. The molecule has 0 N–H and O–H groups in total. The molecule has 0 bridgehead atoms. The van der Waals surface area contributed by atoms with E-state index in [2.05, 4.69) is 205 Å². The maximum atomic E-state index is 6.82. The highest BCUT2D eigenvalue weighted by molar-refractivity contribution is 8.00. The van der Waals surface area contributed by atoms with Crippen LogP contribution in [-0.2, 0) is 5.41 Å². The maximum absolute atomic E-state index is 6.82. The summed E-state index contributed by atoms with van der Waals surface area (Å²) in [6, 6.07) is 64.9. The van der Waals surface area contributed by atoms with Crippen molar-refractivity contribution in [3.8, 4) is 27.9 Å². The Morgan fingerprint density at radius 2 is 1.19 bits per heavy atom. The molecule has 2 aliphatic carbocycles. The molecule has 10 aromatic rings. The first-order valence-electron chi connectivity index (χ1n) is 20.2. The molecule has 0 saturated heterocycles. The van der Waals surface area contributed by atoms with Gasteiger partial charge in [0.1, 0.15) is 11.2 Å². The van der Waals surface area contributed by atoms with Crippen LogP contribution in [0.2, 0.25) is 0 Å². The number of thioether (sulfide) groups is 1. The van der Waals surface area contributed by atoms with Crippen LogP contribution in [0.3, 0.4) is 0 Å². The molecule has 3 heteroatoms. The van der Waals surface area contributed by atoms with Crippen molar-refractivity contribution < 1.29 is 4.42 Å². The lowest BCUT2D eigenvalue weighted by molar-refractivity contribution is 0.657. The first-order chi connectivity index (χ1) is 28.8. The fraction of sp³-hybridized carbons (Fsp3) is 0.0545. The Morgan fingerprint density at radius 3 is 2.00 bits per heavy atom. The van der Waals surface area contributed by atoms with Crippen molar-refractivity contribution >= 4 is 55.5 Å². The molecule has 0 saturated carbocycles. The molecule has 1 aliphatic heterocycles. The Hall–Kier alpha value is -6.81. The Labute approximate surface area is 340 Å². The number of benzene rings is 8. The van der Waals surface area contributed by atoms with Crippen molar-refractivity contribution in [2.45, 2.75) is 21.5 Å². The quantitative estimate of drug-likeness (QED) is 0.178. The van der Waals surface area contributed by atoms with Crippen LogP contribution in [0.5, 0.6) is 0 Å². The van der Waals surface area contributed by atoms with Crippen molar-refractivity contribution in [3.05, 3.63) is 228 Å². The van der Waals surface area contributed by atoms with Gasteiger partial charge in [-0.15, -0.1) is 11.8 Å². The normalized spacial score (nSPS) is 17.2. The van der Waals surface area contributed by atoms with Gasteiger partial charge < -0.3 is 8.98 Å². The van der Waals surface area contributed by atoms with Gasteiger partial charge in [0.15, 0.2) is 0 Å². The van der Waals surface area contributed by atoms with Crippen LogP contribution in [-0.4, -0.2) is 9.82 Å². The van der Waals surface area contributed by atoms with Gasteiger partial charge in [-0.1, -0.05) is 170 Å². The molecular weight excluding hydrogens is 723 g/mol. The molecule has 0 fully saturated rings. The number of fused-ring (bicyclic) bond motifs is 15. The SMILES string of the molecule is C1=CC2Sc3c(c4oc5ccccc5c4c4c5ccccc5n(-c5ccc(-c6ccc7c(c6)C(c6ccccc6)(c6ccccc6)c6ccccc6-7)cc5)c34)C2C=C1. The summed E-state index contributed by atoms with van der Waals surface area (Å²) in [4.78, 5) is 1.32. The lowest BCUT2D eigenvalue weighted by Crippen LogP contribution is -2.28. The number of allylic oxidation sites excluding steroid dienone is 3. The predicted octanol–water partition coefficient (Wildman–Crippen LogP) is 14.4. The Morgan fingerprint density at radius 1 is 0.534 bits per heavy atom. The molecule has 0 amide bonds. The zero-order valence-corrected chi connectivity index (χ0v) is 32.3. The average molecular weight is 758 g/mol. The summed E-state index contributed by atoms with van der Waals surface area (Å²) in [7, 11) is 0. The summed E-state index contributed by atoms with van der Waals surface area (Å²) in [5, 5.41) is 5.25. The second-order valence-electron chi connectivity index (χ2n) is 15.8. The summed E-state index contributed by atoms with van der Waals surface area (Å²) < 4.78 is 9.34. The molecule has 0 radical (unpaired) electrons. The van der Waals surface area contributed by atoms with Crippen LogP contribution < -0.4 is 0 Å². The smallest absolute Gasteiger partial charge is 0.141 e. The third-order valence-electron chi connectivity index (χ3n) is 13.0. The van der Waals surface area contributed by atoms with Gasteiger partial charge in [-0.05, 0) is 74.8 Å². The number of furan rings is 1. The van der Waals surface area contributed by atoms with Gasteiger partial charge in [-0.25, -0.2) is 0 Å². The van der Waals surface area contributed by atoms with Gasteiger partial charge >= 0.3 is 0 Å². The number of hydrogen-bond acceptors (Lipinski definition) is 2. The monoisotopic (exact) mass is 757 g/mol. The molecule has 3 aliphatic rings. The van der Waals surface area contributed by atoms with E-state index in [0.717, 1.165) is 16.9 Å². The van der Waals surface area contributed by atoms with Gasteiger partial charge in [0.05, 0.1) is 16.4 Å². The number of rotatable bonds is 4. The van der Waals surface area contributed by atoms with E-state index in [9.17, 15) is 0 Å². The molecule has 3 heterocycles. The second kappa shape index (κ2) is 12.1. The molecule has 272 valence electrons. The van der Waals surface area contributed by atoms with Gasteiger partial charge in [-0.3, -0.25) is 0 Å². The van der Waals surface area contributed by atoms with Gasteiger partial charge in [0, 0.05) is 48.9 Å². The highest BCUT2D eigenvalue weighted by Gasteiger charge is 2.46. The first-order valence-corrected chi connectivity index (χ1v) is 21.1. The van der Waals surface area contributed by atoms with Crippen molar-refractivity contribution in [1.29, 1.82) is 0 Å². The van der Waals surface area contributed by atoms with E-state index in [1.165, 1.54) is 87.5 Å². The molecule has 2 atom stereocenters. The lowest BCUT2D eigenvalue weighted by atomic mass is 9.67. The summed E-state index contributed by atoms with van der Waals surface area (Å²) in [6.45, 7) is 0. The predicted molar refractivity (Wildman–Crippen MR) is 241 cm³/mol. The highest BCUT2D eigenvalue weighted by atomic mass is 32.2. The molecular formula is C55H35NOS. The fourth-order valence-corrected chi connectivity index (χ4v) is 12.1. The minimum atomic E-state index is -0.435. The average Bonchev–Trinajstić information content (AvgIpc) is 4.04. The van der Waals surface area contributed by atoms with Crippen LogP contribution in [0.1, 0.15) is 33.7 Å². The zero-order valence-electron chi connectivity index (χ0n) is 31.5. The molecule has 0 spiro atoms. The summed E-state index contributed by atoms with van der Waals surface area (Å²) >= 11 is 1.98. The summed E-state index contributed by atoms with van der Waals surface area (Å²) in [5.74, 6) is 0.260. The minimum absolute atomic E-state index is 0.260. The Bertz CT molecular complexity index is 3330. The Balaban J connectivity index is 1.03. The lowest BCUT2D eigenvalue weighted by Gasteiger charge is -2.34. The van der Waals surface area contributed by atoms with Crippen molar-refractivity contribution in [2.24, 2.45) is 0 Å². The summed E-state index contributed by atoms with van der Waals surface area (Å²) in [6.07, 6.45) is 9.12. The highest BCUT2D eigenvalue weighted by Crippen LogP contribution is 2.58. The third kappa shape index (κ3) is 4.24. The topological polar surface area (TPSA) is 18.1 Å². The third-order valence-corrected chi connectivity index (χ3v) is 14.4. The zero-order chi connectivity index (χ0) is 38.0. The van der Waals surface area contributed by atoms with Crippen LogP contribution in [0, 0.1) is 0 Å². The number of aromatic nitrogens is 1. The molecule has 13 rings (SSSR count). The van der Waals surface area contributed by atoms with E-state index in [1.807, 2.05) is 11.8 Å². The first kappa shape index (κ1) is 32.3. The van der Waals surface area contributed by atoms with E-state index >= 15 is 0 Å². The van der Waals surface area contributed by atoms with Crippen molar-refractivity contribution in [3.63, 3.8) is 0 Å². The van der Waals surface area contributed by atoms with Crippen LogP contribution >= 0.6 is 11.8 Å². The Kier molecular flexibility index (Phi) is 6.74. The molecule has 2 nitrogen and oxygen atoms in total. The van der Waals surface area contributed by atoms with Crippen molar-refractivity contribution in [1.82, 2.24) is 4.57 Å². The van der Waals surface area contributed by atoms with Gasteiger partial charge in [-0.2, -0.15) is 0 Å². The van der Waals surface area contributed by atoms with Crippen LogP contribution in [0.25, 0.3) is 71.7 Å². The van der Waals surface area contributed by atoms with E-state index < -0.39 is 5.41 Å². The molecule has 8 aromatic carbocycles. The largest absolute Gasteiger partial charge is 0.456 e. The molecule has 2 aromatic heterocycles. The van der Waals surface area contributed by atoms with Crippen LogP contribution in [0.4, 0.5) is 0 Å². The number of nitrogens with zero attached hydrogens (tertiary/aromatic N) is 1. The van der Waals surface area contributed by atoms with E-state index in [-0.39, 0.29) is 5.92 Å². The van der Waals surface area contributed by atoms with Gasteiger partial charge in [0.25, 0.3) is 0 Å². The van der Waals surface area contributed by atoms with E-state index in [4.69, 9.17) is 4.42 Å². The van der Waals surface area contributed by atoms with E-state index in [0.29, 0.717) is 5.25 Å². The fourth-order valence-electron chi connectivity index (χ4n) is 10.6. The second-order valence-corrected chi connectivity index (χ2v) is 17.0.